The van der Waals surface area contributed by atoms with Gasteiger partial charge in [-0.15, -0.1) is 11.3 Å². The third-order valence-corrected chi connectivity index (χ3v) is 3.99. The van der Waals surface area contributed by atoms with Crippen LogP contribution in [0.2, 0.25) is 0 Å². The van der Waals surface area contributed by atoms with Gasteiger partial charge in [0.15, 0.2) is 0 Å². The number of thiophene rings is 1. The van der Waals surface area contributed by atoms with Crippen LogP contribution >= 0.6 is 11.3 Å². The number of hydrogen-bond donors (Lipinski definition) is 2. The average molecular weight is 325 g/mol. The molecule has 23 heavy (non-hydrogen) atoms. The molecule has 3 aromatic rings. The van der Waals surface area contributed by atoms with Gasteiger partial charge < -0.3 is 10.4 Å². The fourth-order valence-electron chi connectivity index (χ4n) is 2.08. The number of carbonyl (C=O) groups excluding carboxylic acids is 1. The van der Waals surface area contributed by atoms with E-state index in [0.29, 0.717) is 11.3 Å². The lowest BCUT2D eigenvalue weighted by atomic mass is 10.1. The molecule has 0 spiro atoms. The third-order valence-electron chi connectivity index (χ3n) is 3.09. The number of amides is 1. The van der Waals surface area contributed by atoms with E-state index in [1.165, 1.54) is 18.6 Å². The van der Waals surface area contributed by atoms with Gasteiger partial charge in [0.05, 0.1) is 6.20 Å². The minimum Gasteiger partial charge on any atom is -0.477 e. The zero-order valence-electron chi connectivity index (χ0n) is 11.8. The van der Waals surface area contributed by atoms with Crippen molar-refractivity contribution in [2.45, 2.75) is 0 Å². The summed E-state index contributed by atoms with van der Waals surface area (Å²) in [6.45, 7) is 0. The number of carboxylic acids is 1. The first-order valence-corrected chi connectivity index (χ1v) is 7.51. The smallest absolute Gasteiger partial charge is 0.346 e. The molecule has 0 saturated carbocycles. The van der Waals surface area contributed by atoms with Gasteiger partial charge in [-0.05, 0) is 29.1 Å². The van der Waals surface area contributed by atoms with E-state index in [4.69, 9.17) is 0 Å². The maximum absolute atomic E-state index is 12.1. The maximum atomic E-state index is 12.1. The molecule has 6 nitrogen and oxygen atoms in total. The number of aromatic carboxylic acids is 1. The highest BCUT2D eigenvalue weighted by Gasteiger charge is 2.14. The number of carbonyl (C=O) groups is 2. The molecule has 1 amide bonds. The van der Waals surface area contributed by atoms with Gasteiger partial charge in [0.1, 0.15) is 10.6 Å². The Bertz CT molecular complexity index is 862. The van der Waals surface area contributed by atoms with E-state index < -0.39 is 5.97 Å². The van der Waals surface area contributed by atoms with E-state index in [2.05, 4.69) is 15.3 Å². The Kier molecular flexibility index (Phi) is 4.11. The van der Waals surface area contributed by atoms with E-state index >= 15 is 0 Å². The summed E-state index contributed by atoms with van der Waals surface area (Å²) in [7, 11) is 0. The molecule has 0 unspecified atom stereocenters. The predicted molar refractivity (Wildman–Crippen MR) is 86.7 cm³/mol. The van der Waals surface area contributed by atoms with E-state index in [0.717, 1.165) is 16.9 Å². The van der Waals surface area contributed by atoms with Crippen molar-refractivity contribution in [3.05, 3.63) is 64.9 Å². The second kappa shape index (κ2) is 6.37. The molecule has 0 radical (unpaired) electrons. The fraction of sp³-hybridized carbons (Fsp3) is 0. The van der Waals surface area contributed by atoms with Gasteiger partial charge >= 0.3 is 5.97 Å². The van der Waals surface area contributed by atoms with Crippen LogP contribution in [0.15, 0.2) is 54.3 Å². The Balaban J connectivity index is 1.87. The summed E-state index contributed by atoms with van der Waals surface area (Å²) in [5.74, 6) is -1.34. The second-order valence-electron chi connectivity index (χ2n) is 4.59. The zero-order valence-corrected chi connectivity index (χ0v) is 12.6. The molecule has 114 valence electrons. The molecule has 2 aromatic heterocycles. The van der Waals surface area contributed by atoms with Crippen molar-refractivity contribution in [2.75, 3.05) is 5.32 Å². The topological polar surface area (TPSA) is 92.2 Å². The van der Waals surface area contributed by atoms with Gasteiger partial charge in [-0.2, -0.15) is 0 Å². The first-order valence-electron chi connectivity index (χ1n) is 6.64. The van der Waals surface area contributed by atoms with E-state index in [-0.39, 0.29) is 16.5 Å². The molecule has 2 N–H and O–H groups in total. The summed E-state index contributed by atoms with van der Waals surface area (Å²) in [4.78, 5) is 31.4. The molecular formula is C16H11N3O3S. The molecule has 0 aliphatic heterocycles. The van der Waals surface area contributed by atoms with Gasteiger partial charge in [0.25, 0.3) is 5.91 Å². The molecule has 0 aliphatic rings. The Morgan fingerprint density at radius 2 is 2.04 bits per heavy atom. The number of aromatic nitrogens is 2. The minimum atomic E-state index is -0.969. The zero-order chi connectivity index (χ0) is 16.2. The third kappa shape index (κ3) is 3.24. The second-order valence-corrected chi connectivity index (χ2v) is 5.51. The number of rotatable bonds is 4. The summed E-state index contributed by atoms with van der Waals surface area (Å²) in [6, 6.07) is 8.75. The van der Waals surface area contributed by atoms with Gasteiger partial charge in [0, 0.05) is 23.6 Å². The standard InChI is InChI=1S/C16H11N3O3S/c20-15(13-9-17-5-6-18-13)19-11-3-1-2-10(8-11)12-4-7-23-14(12)16(21)22/h1-9H,(H,19,20)(H,21,22). The SMILES string of the molecule is O=C(Nc1cccc(-c2ccsc2C(=O)O)c1)c1cnccn1. The molecule has 0 atom stereocenters. The largest absolute Gasteiger partial charge is 0.477 e. The van der Waals surface area contributed by atoms with Gasteiger partial charge in [0.2, 0.25) is 0 Å². The van der Waals surface area contributed by atoms with Crippen LogP contribution in [-0.4, -0.2) is 27.0 Å². The average Bonchev–Trinajstić information content (AvgIpc) is 3.06. The Hall–Kier alpha value is -3.06. The first kappa shape index (κ1) is 14.9. The molecule has 2 heterocycles. The molecule has 0 fully saturated rings. The van der Waals surface area contributed by atoms with E-state index in [1.54, 1.807) is 35.7 Å². The Morgan fingerprint density at radius 3 is 2.78 bits per heavy atom. The van der Waals surface area contributed by atoms with Crippen LogP contribution < -0.4 is 5.32 Å². The monoisotopic (exact) mass is 325 g/mol. The van der Waals surface area contributed by atoms with Crippen molar-refractivity contribution in [1.82, 2.24) is 9.97 Å². The van der Waals surface area contributed by atoms with Crippen LogP contribution in [0, 0.1) is 0 Å². The molecule has 0 saturated heterocycles. The summed E-state index contributed by atoms with van der Waals surface area (Å²) < 4.78 is 0. The normalized spacial score (nSPS) is 10.3. The van der Waals surface area contributed by atoms with Gasteiger partial charge in [-0.25, -0.2) is 9.78 Å². The maximum Gasteiger partial charge on any atom is 0.346 e. The van der Waals surface area contributed by atoms with E-state index in [1.807, 2.05) is 0 Å². The Morgan fingerprint density at radius 1 is 1.17 bits per heavy atom. The van der Waals surface area contributed by atoms with Crippen LogP contribution in [0.3, 0.4) is 0 Å². The van der Waals surface area contributed by atoms with Gasteiger partial charge in [-0.1, -0.05) is 12.1 Å². The number of nitrogens with one attached hydrogen (secondary N) is 1. The molecule has 1 aromatic carbocycles. The first-order chi connectivity index (χ1) is 11.1. The van der Waals surface area contributed by atoms with Crippen molar-refractivity contribution in [3.63, 3.8) is 0 Å². The molecule has 0 bridgehead atoms. The lowest BCUT2D eigenvalue weighted by molar-refractivity contribution is 0.0702. The van der Waals surface area contributed by atoms with Crippen molar-refractivity contribution in [1.29, 1.82) is 0 Å². The highest BCUT2D eigenvalue weighted by Crippen LogP contribution is 2.30. The van der Waals surface area contributed by atoms with Gasteiger partial charge in [-0.3, -0.25) is 9.78 Å². The summed E-state index contributed by atoms with van der Waals surface area (Å²) in [6.07, 6.45) is 4.30. The fourth-order valence-corrected chi connectivity index (χ4v) is 2.83. The molecule has 3 rings (SSSR count). The number of benzene rings is 1. The summed E-state index contributed by atoms with van der Waals surface area (Å²) in [5, 5.41) is 13.7. The number of nitrogens with zero attached hydrogens (tertiary/aromatic N) is 2. The van der Waals surface area contributed by atoms with Crippen molar-refractivity contribution < 1.29 is 14.7 Å². The number of carboxylic acid groups (broad SMARTS) is 1. The van der Waals surface area contributed by atoms with Crippen molar-refractivity contribution >= 4 is 28.9 Å². The highest BCUT2D eigenvalue weighted by molar-refractivity contribution is 7.12. The molecule has 7 heteroatoms. The minimum absolute atomic E-state index is 0.208. The van der Waals surface area contributed by atoms with Crippen LogP contribution in [0.1, 0.15) is 20.2 Å². The number of anilines is 1. The summed E-state index contributed by atoms with van der Waals surface area (Å²) >= 11 is 1.16. The molecular weight excluding hydrogens is 314 g/mol. The lowest BCUT2D eigenvalue weighted by Gasteiger charge is -2.07. The van der Waals surface area contributed by atoms with Crippen LogP contribution in [0.5, 0.6) is 0 Å². The summed E-state index contributed by atoms with van der Waals surface area (Å²) in [5.41, 5.74) is 2.11. The van der Waals surface area contributed by atoms with Crippen molar-refractivity contribution in [3.8, 4) is 11.1 Å². The highest BCUT2D eigenvalue weighted by atomic mass is 32.1. The van der Waals surface area contributed by atoms with E-state index in [9.17, 15) is 14.7 Å². The Labute approximate surface area is 135 Å². The quantitative estimate of drug-likeness (QED) is 0.768. The number of hydrogen-bond acceptors (Lipinski definition) is 5. The lowest BCUT2D eigenvalue weighted by Crippen LogP contribution is -2.13. The van der Waals surface area contributed by atoms with Crippen LogP contribution in [0.25, 0.3) is 11.1 Å². The predicted octanol–water partition coefficient (Wildman–Crippen LogP) is 3.16. The van der Waals surface area contributed by atoms with Crippen molar-refractivity contribution in [2.24, 2.45) is 0 Å². The molecule has 0 aliphatic carbocycles. The van der Waals surface area contributed by atoms with Crippen LogP contribution in [0.4, 0.5) is 5.69 Å². The van der Waals surface area contributed by atoms with Crippen LogP contribution in [-0.2, 0) is 0 Å².